The Kier molecular flexibility index (Phi) is 5.02. The van der Waals surface area contributed by atoms with E-state index in [0.717, 1.165) is 28.6 Å². The lowest BCUT2D eigenvalue weighted by molar-refractivity contribution is 0.416. The van der Waals surface area contributed by atoms with Crippen molar-refractivity contribution in [1.29, 1.82) is 0 Å². The predicted molar refractivity (Wildman–Crippen MR) is 85.9 cm³/mol. The Morgan fingerprint density at radius 3 is 2.85 bits per heavy atom. The monoisotopic (exact) mass is 310 g/mol. The van der Waals surface area contributed by atoms with Crippen molar-refractivity contribution in [3.05, 3.63) is 33.8 Å². The molecule has 1 aromatic heterocycles. The minimum Gasteiger partial charge on any atom is -0.496 e. The van der Waals surface area contributed by atoms with Crippen molar-refractivity contribution in [2.75, 3.05) is 13.7 Å². The summed E-state index contributed by atoms with van der Waals surface area (Å²) in [7, 11) is 1.65. The van der Waals surface area contributed by atoms with E-state index in [1.54, 1.807) is 18.4 Å². The molecule has 0 bridgehead atoms. The number of nitrogens with zero attached hydrogens (tertiary/aromatic N) is 1. The molecule has 2 aromatic rings. The van der Waals surface area contributed by atoms with Gasteiger partial charge in [0, 0.05) is 15.9 Å². The minimum absolute atomic E-state index is 0.310. The number of halogens is 1. The van der Waals surface area contributed by atoms with E-state index in [1.165, 1.54) is 4.88 Å². The molecule has 0 radical (unpaired) electrons. The average molecular weight is 311 g/mol. The van der Waals surface area contributed by atoms with E-state index in [-0.39, 0.29) is 0 Å². The largest absolute Gasteiger partial charge is 0.496 e. The molecule has 0 aliphatic carbocycles. The molecular formula is C15H19ClN2OS. The third kappa shape index (κ3) is 3.14. The Hall–Kier alpha value is -1.10. The van der Waals surface area contributed by atoms with Crippen LogP contribution in [0.1, 0.15) is 30.5 Å². The van der Waals surface area contributed by atoms with Crippen LogP contribution in [0.5, 0.6) is 5.75 Å². The molecule has 1 atom stereocenters. The fourth-order valence-electron chi connectivity index (χ4n) is 2.17. The van der Waals surface area contributed by atoms with E-state index in [1.807, 2.05) is 25.1 Å². The first-order chi connectivity index (χ1) is 9.56. The maximum absolute atomic E-state index is 6.00. The first-order valence-electron chi connectivity index (χ1n) is 6.61. The Labute approximate surface area is 129 Å². The number of hydrogen-bond acceptors (Lipinski definition) is 4. The van der Waals surface area contributed by atoms with Crippen LogP contribution in [0, 0.1) is 6.92 Å². The SMILES string of the molecule is CCNC(C)c1sc(-c2ccc(Cl)cc2OC)nc1C. The number of benzene rings is 1. The molecule has 0 aliphatic rings. The van der Waals surface area contributed by atoms with Gasteiger partial charge < -0.3 is 10.1 Å². The van der Waals surface area contributed by atoms with Crippen molar-refractivity contribution < 1.29 is 4.74 Å². The minimum atomic E-state index is 0.310. The highest BCUT2D eigenvalue weighted by molar-refractivity contribution is 7.15. The number of ether oxygens (including phenoxy) is 1. The molecule has 0 amide bonds. The van der Waals surface area contributed by atoms with E-state index < -0.39 is 0 Å². The summed E-state index contributed by atoms with van der Waals surface area (Å²) in [6.07, 6.45) is 0. The fraction of sp³-hybridized carbons (Fsp3) is 0.400. The highest BCUT2D eigenvalue weighted by Gasteiger charge is 2.17. The van der Waals surface area contributed by atoms with Gasteiger partial charge in [0.15, 0.2) is 0 Å². The highest BCUT2D eigenvalue weighted by atomic mass is 35.5. The summed E-state index contributed by atoms with van der Waals surface area (Å²) in [6, 6.07) is 5.95. The molecular weight excluding hydrogens is 292 g/mol. The second-order valence-corrected chi connectivity index (χ2v) is 6.06. The number of methoxy groups -OCH3 is 1. The van der Waals surface area contributed by atoms with Crippen LogP contribution < -0.4 is 10.1 Å². The zero-order valence-electron chi connectivity index (χ0n) is 12.2. The summed E-state index contributed by atoms with van der Waals surface area (Å²) >= 11 is 7.70. The molecule has 0 saturated carbocycles. The molecule has 108 valence electrons. The van der Waals surface area contributed by atoms with Gasteiger partial charge in [0.1, 0.15) is 10.8 Å². The van der Waals surface area contributed by atoms with Gasteiger partial charge in [-0.05, 0) is 38.6 Å². The third-order valence-corrected chi connectivity index (χ3v) is 4.74. The van der Waals surface area contributed by atoms with Crippen molar-refractivity contribution in [3.63, 3.8) is 0 Å². The van der Waals surface area contributed by atoms with Crippen LogP contribution in [-0.2, 0) is 0 Å². The smallest absolute Gasteiger partial charge is 0.130 e. The van der Waals surface area contributed by atoms with E-state index in [4.69, 9.17) is 16.3 Å². The maximum atomic E-state index is 6.00. The van der Waals surface area contributed by atoms with Gasteiger partial charge in [0.05, 0.1) is 18.4 Å². The third-order valence-electron chi connectivity index (χ3n) is 3.13. The molecule has 20 heavy (non-hydrogen) atoms. The average Bonchev–Trinajstić information content (AvgIpc) is 2.80. The second-order valence-electron chi connectivity index (χ2n) is 4.59. The lowest BCUT2D eigenvalue weighted by atomic mass is 10.2. The first-order valence-corrected chi connectivity index (χ1v) is 7.80. The summed E-state index contributed by atoms with van der Waals surface area (Å²) in [5, 5.41) is 5.06. The Bertz CT molecular complexity index is 598. The lowest BCUT2D eigenvalue weighted by Crippen LogP contribution is -2.17. The fourth-order valence-corrected chi connectivity index (χ4v) is 3.45. The van der Waals surface area contributed by atoms with Gasteiger partial charge >= 0.3 is 0 Å². The summed E-state index contributed by atoms with van der Waals surface area (Å²) < 4.78 is 5.40. The molecule has 1 N–H and O–H groups in total. The lowest BCUT2D eigenvalue weighted by Gasteiger charge is -2.10. The summed E-state index contributed by atoms with van der Waals surface area (Å²) in [6.45, 7) is 7.26. The van der Waals surface area contributed by atoms with Crippen molar-refractivity contribution in [2.24, 2.45) is 0 Å². The van der Waals surface area contributed by atoms with Gasteiger partial charge in [-0.3, -0.25) is 0 Å². The van der Waals surface area contributed by atoms with Gasteiger partial charge in [0.2, 0.25) is 0 Å². The van der Waals surface area contributed by atoms with Crippen LogP contribution in [0.15, 0.2) is 18.2 Å². The Balaban J connectivity index is 2.42. The predicted octanol–water partition coefficient (Wildman–Crippen LogP) is 4.45. The number of aromatic nitrogens is 1. The van der Waals surface area contributed by atoms with Gasteiger partial charge in [-0.25, -0.2) is 4.98 Å². The number of hydrogen-bond donors (Lipinski definition) is 1. The van der Waals surface area contributed by atoms with Crippen LogP contribution in [0.3, 0.4) is 0 Å². The van der Waals surface area contributed by atoms with E-state index >= 15 is 0 Å². The van der Waals surface area contributed by atoms with Crippen molar-refractivity contribution in [1.82, 2.24) is 10.3 Å². The van der Waals surface area contributed by atoms with Gasteiger partial charge in [-0.15, -0.1) is 11.3 Å². The van der Waals surface area contributed by atoms with Gasteiger partial charge in [0.25, 0.3) is 0 Å². The Morgan fingerprint density at radius 1 is 1.45 bits per heavy atom. The number of rotatable bonds is 5. The summed E-state index contributed by atoms with van der Waals surface area (Å²) in [5.74, 6) is 0.758. The molecule has 5 heteroatoms. The zero-order chi connectivity index (χ0) is 14.7. The molecule has 0 aliphatic heterocycles. The van der Waals surface area contributed by atoms with Crippen molar-refractivity contribution in [3.8, 4) is 16.3 Å². The highest BCUT2D eigenvalue weighted by Crippen LogP contribution is 2.37. The van der Waals surface area contributed by atoms with Crippen LogP contribution in [0.2, 0.25) is 5.02 Å². The van der Waals surface area contributed by atoms with E-state index in [9.17, 15) is 0 Å². The van der Waals surface area contributed by atoms with E-state index in [2.05, 4.69) is 24.1 Å². The second kappa shape index (κ2) is 6.57. The maximum Gasteiger partial charge on any atom is 0.130 e. The topological polar surface area (TPSA) is 34.1 Å². The van der Waals surface area contributed by atoms with Gasteiger partial charge in [-0.2, -0.15) is 0 Å². The van der Waals surface area contributed by atoms with Gasteiger partial charge in [-0.1, -0.05) is 18.5 Å². The number of thiazole rings is 1. The normalized spacial score (nSPS) is 12.4. The van der Waals surface area contributed by atoms with Crippen LogP contribution >= 0.6 is 22.9 Å². The molecule has 3 nitrogen and oxygen atoms in total. The molecule has 0 saturated heterocycles. The quantitative estimate of drug-likeness (QED) is 0.886. The van der Waals surface area contributed by atoms with Crippen LogP contribution in [0.4, 0.5) is 0 Å². The molecule has 2 rings (SSSR count). The first kappa shape index (κ1) is 15.3. The van der Waals surface area contributed by atoms with Crippen LogP contribution in [0.25, 0.3) is 10.6 Å². The summed E-state index contributed by atoms with van der Waals surface area (Å²) in [5.41, 5.74) is 2.05. The van der Waals surface area contributed by atoms with Crippen molar-refractivity contribution >= 4 is 22.9 Å². The number of nitrogens with one attached hydrogen (secondary N) is 1. The van der Waals surface area contributed by atoms with E-state index in [0.29, 0.717) is 11.1 Å². The molecule has 1 aromatic carbocycles. The molecule has 0 fully saturated rings. The summed E-state index contributed by atoms with van der Waals surface area (Å²) in [4.78, 5) is 5.94. The molecule has 1 unspecified atom stereocenters. The van der Waals surface area contributed by atoms with Crippen molar-refractivity contribution in [2.45, 2.75) is 26.8 Å². The molecule has 0 spiro atoms. The standard InChI is InChI=1S/C15H19ClN2OS/c1-5-17-9(2)14-10(3)18-15(20-14)12-7-6-11(16)8-13(12)19-4/h6-9,17H,5H2,1-4H3. The Morgan fingerprint density at radius 2 is 2.20 bits per heavy atom. The zero-order valence-corrected chi connectivity index (χ0v) is 13.7. The number of aryl methyl sites for hydroxylation is 1. The molecule has 1 heterocycles. The van der Waals surface area contributed by atoms with Crippen LogP contribution in [-0.4, -0.2) is 18.6 Å².